The number of aromatic amines is 2. The number of aryl methyl sites for hydroxylation is 2. The van der Waals surface area contributed by atoms with Crippen LogP contribution < -0.4 is 0 Å². The molecule has 0 unspecified atom stereocenters. The van der Waals surface area contributed by atoms with Crippen LogP contribution in [0, 0.1) is 13.8 Å². The van der Waals surface area contributed by atoms with E-state index in [4.69, 9.17) is 19.5 Å². The van der Waals surface area contributed by atoms with Crippen LogP contribution in [0.5, 0.6) is 0 Å². The summed E-state index contributed by atoms with van der Waals surface area (Å²) in [5, 5.41) is 0.490. The van der Waals surface area contributed by atoms with Gasteiger partial charge in [-0.15, -0.1) is 0 Å². The van der Waals surface area contributed by atoms with E-state index in [1.807, 2.05) is 39.0 Å². The molecule has 47 heavy (non-hydrogen) atoms. The van der Waals surface area contributed by atoms with E-state index in [0.717, 1.165) is 57.2 Å². The first-order chi connectivity index (χ1) is 22.4. The lowest BCUT2D eigenvalue weighted by molar-refractivity contribution is -0.166. The minimum absolute atomic E-state index is 0.0321. The predicted octanol–water partition coefficient (Wildman–Crippen LogP) is 6.87. The lowest BCUT2D eigenvalue weighted by Crippen LogP contribution is -2.41. The zero-order valence-electron chi connectivity index (χ0n) is 27.4. The molecular formula is C36H35N5O6. The topological polar surface area (TPSA) is 147 Å². The van der Waals surface area contributed by atoms with Crippen molar-refractivity contribution in [3.05, 3.63) is 75.4 Å². The summed E-state index contributed by atoms with van der Waals surface area (Å²) in [5.41, 5.74) is 10.9. The molecule has 11 nitrogen and oxygen atoms in total. The van der Waals surface area contributed by atoms with E-state index < -0.39 is 23.8 Å². The molecule has 0 saturated carbocycles. The van der Waals surface area contributed by atoms with Gasteiger partial charge in [-0.25, -0.2) is 14.8 Å². The molecule has 240 valence electrons. The van der Waals surface area contributed by atoms with Crippen molar-refractivity contribution in [1.82, 2.24) is 25.0 Å². The fraction of sp³-hybridized carbons (Fsp3) is 0.278. The average molecular weight is 634 g/mol. The molecule has 2 N–H and O–H groups in total. The number of methoxy groups -OCH3 is 1. The van der Waals surface area contributed by atoms with Crippen LogP contribution >= 0.6 is 0 Å². The van der Waals surface area contributed by atoms with Crippen molar-refractivity contribution in [3.8, 4) is 0 Å². The van der Waals surface area contributed by atoms with Gasteiger partial charge in [0.25, 0.3) is 11.8 Å². The number of hydroxylamine groups is 2. The Morgan fingerprint density at radius 1 is 0.872 bits per heavy atom. The zero-order valence-corrected chi connectivity index (χ0v) is 27.4. The predicted molar refractivity (Wildman–Crippen MR) is 179 cm³/mol. The van der Waals surface area contributed by atoms with Crippen LogP contribution in [0.1, 0.15) is 107 Å². The van der Waals surface area contributed by atoms with E-state index in [9.17, 15) is 19.2 Å². The molecule has 3 aromatic heterocycles. The number of amides is 2. The second-order valence-corrected chi connectivity index (χ2v) is 11.8. The molecule has 11 heteroatoms. The summed E-state index contributed by atoms with van der Waals surface area (Å²) in [5.74, 6) is -2.88. The molecule has 6 rings (SSSR count). The van der Waals surface area contributed by atoms with Crippen molar-refractivity contribution < 1.29 is 28.8 Å². The number of fused-ring (bicyclic) bond motifs is 8. The number of hydrogen-bond donors (Lipinski definition) is 2. The van der Waals surface area contributed by atoms with Crippen molar-refractivity contribution in [2.24, 2.45) is 0 Å². The van der Waals surface area contributed by atoms with Crippen molar-refractivity contribution in [2.45, 2.75) is 60.8 Å². The molecule has 3 aliphatic heterocycles. The monoisotopic (exact) mass is 633 g/mol. The number of allylic oxidation sites excluding steroid dienone is 4. The van der Waals surface area contributed by atoms with E-state index in [1.165, 1.54) is 7.11 Å². The van der Waals surface area contributed by atoms with Gasteiger partial charge in [-0.1, -0.05) is 24.6 Å². The number of nitrogens with one attached hydrogen (secondary N) is 2. The quantitative estimate of drug-likeness (QED) is 0.221. The molecule has 0 spiro atoms. The van der Waals surface area contributed by atoms with Gasteiger partial charge in [-0.3, -0.25) is 14.4 Å². The summed E-state index contributed by atoms with van der Waals surface area (Å²) >= 11 is 0. The highest BCUT2D eigenvalue weighted by Gasteiger charge is 2.40. The fourth-order valence-corrected chi connectivity index (χ4v) is 6.55. The third-order valence-electron chi connectivity index (χ3n) is 9.11. The number of H-pyrrole nitrogens is 2. The highest BCUT2D eigenvalue weighted by Crippen LogP contribution is 2.40. The van der Waals surface area contributed by atoms with Crippen LogP contribution in [0.3, 0.4) is 0 Å². The Hall–Kier alpha value is -5.58. The van der Waals surface area contributed by atoms with Gasteiger partial charge in [0.05, 0.1) is 46.5 Å². The van der Waals surface area contributed by atoms with E-state index in [2.05, 4.69) is 23.5 Å². The highest BCUT2D eigenvalue weighted by atomic mass is 16.7. The zero-order chi connectivity index (χ0) is 33.9. The molecule has 3 aliphatic rings. The largest absolute Gasteiger partial charge is 0.469 e. The van der Waals surface area contributed by atoms with Crippen LogP contribution in [0.4, 0.5) is 0 Å². The first kappa shape index (κ1) is 31.4. The minimum atomic E-state index is -0.851. The number of carbonyl (C=O) groups excluding carboxylic acids is 4. The van der Waals surface area contributed by atoms with Crippen LogP contribution in [-0.2, 0) is 19.2 Å². The van der Waals surface area contributed by atoms with Crippen molar-refractivity contribution >= 4 is 74.2 Å². The molecular weight excluding hydrogens is 598 g/mol. The van der Waals surface area contributed by atoms with Crippen LogP contribution in [-0.4, -0.2) is 55.9 Å². The Balaban J connectivity index is 1.83. The maximum atomic E-state index is 14.2. The fourth-order valence-electron chi connectivity index (χ4n) is 6.55. The van der Waals surface area contributed by atoms with E-state index in [-0.39, 0.29) is 35.2 Å². The van der Waals surface area contributed by atoms with E-state index in [1.54, 1.807) is 13.0 Å². The van der Waals surface area contributed by atoms with Gasteiger partial charge in [-0.2, -0.15) is 0 Å². The number of aromatic nitrogens is 4. The molecule has 3 aromatic rings. The molecule has 0 atom stereocenters. The van der Waals surface area contributed by atoms with Gasteiger partial charge in [0, 0.05) is 35.5 Å². The normalized spacial score (nSPS) is 14.2. The molecule has 0 aromatic carbocycles. The second kappa shape index (κ2) is 11.7. The van der Waals surface area contributed by atoms with Crippen LogP contribution in [0.2, 0.25) is 0 Å². The number of carbonyl (C=O) groups is 4. The molecule has 0 aliphatic carbocycles. The highest BCUT2D eigenvalue weighted by molar-refractivity contribution is 6.24. The van der Waals surface area contributed by atoms with Gasteiger partial charge < -0.3 is 19.5 Å². The second-order valence-electron chi connectivity index (χ2n) is 11.8. The maximum absolute atomic E-state index is 14.2. The molecule has 0 saturated heterocycles. The lowest BCUT2D eigenvalue weighted by Gasteiger charge is -2.23. The SMILES string of the molecule is C=Cc1c(C)c2cc3nc(c4c5[nH]c(cc6nc(cc1[nH]2)C(C)=C6CC)c(C)c5C(=O)N(OC(C)=O)C4=O)C(CCC(=O)OC)=C3C. The summed E-state index contributed by atoms with van der Waals surface area (Å²) in [6.45, 7) is 14.9. The summed E-state index contributed by atoms with van der Waals surface area (Å²) in [6, 6.07) is 5.77. The number of hydrogen-bond acceptors (Lipinski definition) is 8. The summed E-state index contributed by atoms with van der Waals surface area (Å²) in [6.07, 6.45) is 2.76. The molecule has 8 bridgehead atoms. The smallest absolute Gasteiger partial charge is 0.330 e. The molecule has 2 amide bonds. The van der Waals surface area contributed by atoms with Crippen molar-refractivity contribution in [3.63, 3.8) is 0 Å². The Labute approximate surface area is 271 Å². The van der Waals surface area contributed by atoms with Gasteiger partial charge in [0.2, 0.25) is 0 Å². The van der Waals surface area contributed by atoms with Crippen molar-refractivity contribution in [2.75, 3.05) is 7.11 Å². The van der Waals surface area contributed by atoms with E-state index >= 15 is 0 Å². The van der Waals surface area contributed by atoms with Crippen LogP contribution in [0.15, 0.2) is 24.8 Å². The maximum Gasteiger partial charge on any atom is 0.330 e. The number of rotatable bonds is 6. The summed E-state index contributed by atoms with van der Waals surface area (Å²) in [4.78, 5) is 74.4. The number of ether oxygens (including phenoxy) is 1. The van der Waals surface area contributed by atoms with Gasteiger partial charge >= 0.3 is 11.9 Å². The van der Waals surface area contributed by atoms with Crippen molar-refractivity contribution in [1.29, 1.82) is 0 Å². The summed E-state index contributed by atoms with van der Waals surface area (Å²) in [7, 11) is 1.31. The number of esters is 1. The average Bonchev–Trinajstić information content (AvgIpc) is 3.71. The number of imide groups is 1. The molecule has 6 heterocycles. The Morgan fingerprint density at radius 2 is 1.49 bits per heavy atom. The first-order valence-corrected chi connectivity index (χ1v) is 15.4. The third kappa shape index (κ3) is 4.98. The van der Waals surface area contributed by atoms with E-state index in [0.29, 0.717) is 33.8 Å². The third-order valence-corrected chi connectivity index (χ3v) is 9.11. The lowest BCUT2D eigenvalue weighted by atomic mass is 9.95. The number of nitrogens with zero attached hydrogens (tertiary/aromatic N) is 3. The van der Waals surface area contributed by atoms with Gasteiger partial charge in [-0.05, 0) is 92.2 Å². The standard InChI is InChI=1S/C36H35N5O6/c1-9-21-16(3)24-13-26-18(5)23(11-12-30(43)46-8)33(39-26)32-34-31(35(44)41(36(32)45)47-20(7)42)19(6)27(40-34)15-29-22(10-2)17(4)25(38-29)14-28(21)37-24/h9,13-15,37,40H,1,10-12H2,2-8H3. The Bertz CT molecular complexity index is 2200. The van der Waals surface area contributed by atoms with Gasteiger partial charge in [0.1, 0.15) is 0 Å². The Morgan fingerprint density at radius 3 is 2.15 bits per heavy atom. The molecule has 0 radical (unpaired) electrons. The van der Waals surface area contributed by atoms with Crippen LogP contribution in [0.25, 0.3) is 50.4 Å². The summed E-state index contributed by atoms with van der Waals surface area (Å²) < 4.78 is 4.91. The van der Waals surface area contributed by atoms with Gasteiger partial charge in [0.15, 0.2) is 0 Å². The minimum Gasteiger partial charge on any atom is -0.469 e. The first-order valence-electron chi connectivity index (χ1n) is 15.4. The molecule has 0 fully saturated rings. The Kier molecular flexibility index (Phi) is 7.79.